The Bertz CT molecular complexity index is 13.5. The van der Waals surface area contributed by atoms with E-state index in [2.05, 4.69) is 11.6 Å². The van der Waals surface area contributed by atoms with Gasteiger partial charge in [0.05, 0.1) is 0 Å². The van der Waals surface area contributed by atoms with Gasteiger partial charge in [0.15, 0.2) is 0 Å². The largest absolute Gasteiger partial charge is 2.00 e. The van der Waals surface area contributed by atoms with Crippen molar-refractivity contribution in [2.45, 2.75) is 0 Å². The van der Waals surface area contributed by atoms with Gasteiger partial charge in [0.1, 0.15) is 0 Å². The number of alkyl halides is 1. The van der Waals surface area contributed by atoms with E-state index in [0.717, 1.165) is 0 Å². The summed E-state index contributed by atoms with van der Waals surface area (Å²) in [6, 6.07) is 0. The van der Waals surface area contributed by atoms with Crippen LogP contribution >= 0.6 is 11.6 Å². The maximum Gasteiger partial charge on any atom is 2.00 e. The molecule has 0 bridgehead atoms. The second-order valence-electron chi connectivity index (χ2n) is 0. The van der Waals surface area contributed by atoms with Crippen molar-refractivity contribution in [3.63, 3.8) is 0 Å². The van der Waals surface area contributed by atoms with Gasteiger partial charge in [-0.1, -0.05) is 0 Å². The molecule has 0 heterocycles. The summed E-state index contributed by atoms with van der Waals surface area (Å²) in [7, 11) is 0. The van der Waals surface area contributed by atoms with E-state index < -0.39 is 0 Å². The molecule has 0 radical (unpaired) electrons. The molecule has 1 nitrogen and oxygen atoms in total. The molecule has 0 aliphatic heterocycles. The molecule has 0 aromatic heterocycles. The van der Waals surface area contributed by atoms with Gasteiger partial charge in [-0.2, -0.15) is 0 Å². The smallest absolute Gasteiger partial charge is 1.00 e. The van der Waals surface area contributed by atoms with Gasteiger partial charge in [0, 0.05) is 6.38 Å². The molecule has 0 aromatic rings. The van der Waals surface area contributed by atoms with Crippen molar-refractivity contribution in [2.75, 3.05) is 6.38 Å². The van der Waals surface area contributed by atoms with Crippen LogP contribution in [-0.2, 0) is 0 Å². The minimum atomic E-state index is 0. The van der Waals surface area contributed by atoms with Crippen molar-refractivity contribution >= 4 is 21.7 Å². The first kappa shape index (κ1) is 25.7. The van der Waals surface area contributed by atoms with E-state index in [1.54, 1.807) is 0 Å². The molecular formula is CH7BeClO. The van der Waals surface area contributed by atoms with E-state index in [0.29, 0.717) is 0 Å². The van der Waals surface area contributed by atoms with Crippen molar-refractivity contribution in [3.05, 3.63) is 0 Å². The van der Waals surface area contributed by atoms with Crippen molar-refractivity contribution in [3.8, 4) is 0 Å². The molecule has 0 rings (SSSR count). The van der Waals surface area contributed by atoms with Crippen LogP contribution in [0.3, 0.4) is 0 Å². The van der Waals surface area contributed by atoms with Gasteiger partial charge >= 0.3 is 10.1 Å². The first-order valence-electron chi connectivity index (χ1n) is 0.378. The monoisotopic (exact) mass is 79.0 g/mol. The van der Waals surface area contributed by atoms with Crippen LogP contribution in [0, 0.1) is 0 Å². The fourth-order valence-electron chi connectivity index (χ4n) is 0. The fourth-order valence-corrected chi connectivity index (χ4v) is 0. The van der Waals surface area contributed by atoms with Crippen LogP contribution in [0.5, 0.6) is 0 Å². The molecule has 0 aromatic carbocycles. The van der Waals surface area contributed by atoms with Gasteiger partial charge in [-0.3, -0.25) is 0 Å². The third-order valence-corrected chi connectivity index (χ3v) is 0. The predicted molar refractivity (Wildman–Crippen MR) is 23.4 cm³/mol. The van der Waals surface area contributed by atoms with Gasteiger partial charge in [-0.05, 0) is 0 Å². The van der Waals surface area contributed by atoms with Crippen LogP contribution in [0.25, 0.3) is 0 Å². The molecule has 4 heavy (non-hydrogen) atoms. The SMILES string of the molecule is CCl.O.[Be+2].[H-].[H-]. The van der Waals surface area contributed by atoms with Crippen molar-refractivity contribution in [1.29, 1.82) is 0 Å². The Morgan fingerprint density at radius 1 is 1.50 bits per heavy atom. The van der Waals surface area contributed by atoms with Gasteiger partial charge in [-0.25, -0.2) is 0 Å². The normalized spacial score (nSPS) is 1.50. The Kier molecular flexibility index (Phi) is 731. The Labute approximate surface area is 37.5 Å². The minimum absolute atomic E-state index is 0. The Balaban J connectivity index is -0.000000000833. The van der Waals surface area contributed by atoms with Crippen LogP contribution in [0.2, 0.25) is 0 Å². The molecule has 0 amide bonds. The Morgan fingerprint density at radius 2 is 1.50 bits per heavy atom. The molecule has 0 atom stereocenters. The average molecular weight is 79.5 g/mol. The van der Waals surface area contributed by atoms with Crippen LogP contribution in [0.15, 0.2) is 0 Å². The number of rotatable bonds is 0. The summed E-state index contributed by atoms with van der Waals surface area (Å²) in [5, 5.41) is 0. The molecule has 0 aliphatic carbocycles. The first-order valence-corrected chi connectivity index (χ1v) is 1.13. The number of hydrogen-bond acceptors (Lipinski definition) is 0. The standard InChI is InChI=1S/CH3Cl.Be.H2O.2H/c1-2;;;;/h1H3;;1H2;;/q;+2;;2*-1. The Morgan fingerprint density at radius 3 is 1.50 bits per heavy atom. The van der Waals surface area contributed by atoms with E-state index in [-0.39, 0.29) is 18.5 Å². The van der Waals surface area contributed by atoms with Gasteiger partial charge in [0.25, 0.3) is 0 Å². The summed E-state index contributed by atoms with van der Waals surface area (Å²) in [5.41, 5.74) is 0. The number of hydrogen-bond donors (Lipinski definition) is 0. The summed E-state index contributed by atoms with van der Waals surface area (Å²) in [4.78, 5) is 0. The average Bonchev–Trinajstić information content (AvgIpc) is 1.00. The molecular weight excluding hydrogens is 72.5 g/mol. The predicted octanol–water partition coefficient (Wildman–Crippen LogP) is -0.126. The van der Waals surface area contributed by atoms with Crippen molar-refractivity contribution in [2.24, 2.45) is 0 Å². The van der Waals surface area contributed by atoms with Crippen molar-refractivity contribution < 1.29 is 8.33 Å². The third kappa shape index (κ3) is 27.8. The van der Waals surface area contributed by atoms with Crippen LogP contribution < -0.4 is 0 Å². The second kappa shape index (κ2) is 114. The van der Waals surface area contributed by atoms with Crippen LogP contribution in [0.4, 0.5) is 0 Å². The molecule has 0 saturated carbocycles. The minimum Gasteiger partial charge on any atom is -1.00 e. The number of halogens is 1. The van der Waals surface area contributed by atoms with Crippen molar-refractivity contribution in [1.82, 2.24) is 0 Å². The van der Waals surface area contributed by atoms with Gasteiger partial charge in [0.2, 0.25) is 0 Å². The zero-order valence-corrected chi connectivity index (χ0v) is 3.34. The summed E-state index contributed by atoms with van der Waals surface area (Å²) in [5.74, 6) is 0. The molecule has 3 heteroatoms. The fraction of sp³-hybridized carbons (Fsp3) is 1.00. The van der Waals surface area contributed by atoms with Crippen LogP contribution in [-0.4, -0.2) is 22.0 Å². The maximum atomic E-state index is 4.64. The van der Waals surface area contributed by atoms with E-state index in [1.165, 1.54) is 6.38 Å². The maximum absolute atomic E-state index is 4.64. The second-order valence-corrected chi connectivity index (χ2v) is 0. The molecule has 0 saturated heterocycles. The molecule has 0 fully saturated rings. The summed E-state index contributed by atoms with van der Waals surface area (Å²) in [6.07, 6.45) is 1.47. The van der Waals surface area contributed by atoms with E-state index in [1.807, 2.05) is 0 Å². The van der Waals surface area contributed by atoms with E-state index in [4.69, 9.17) is 0 Å². The topological polar surface area (TPSA) is 31.5 Å². The molecule has 0 aliphatic rings. The van der Waals surface area contributed by atoms with Gasteiger partial charge < -0.3 is 8.33 Å². The first-order chi connectivity index (χ1) is 1.00. The summed E-state index contributed by atoms with van der Waals surface area (Å²) in [6.45, 7) is 0. The quantitative estimate of drug-likeness (QED) is 0.286. The summed E-state index contributed by atoms with van der Waals surface area (Å²) < 4.78 is 0. The van der Waals surface area contributed by atoms with Crippen LogP contribution in [0.1, 0.15) is 2.85 Å². The molecule has 26 valence electrons. The van der Waals surface area contributed by atoms with E-state index in [9.17, 15) is 0 Å². The summed E-state index contributed by atoms with van der Waals surface area (Å²) >= 11 is 4.64. The van der Waals surface area contributed by atoms with E-state index >= 15 is 0 Å². The molecule has 2 N–H and O–H groups in total. The van der Waals surface area contributed by atoms with Gasteiger partial charge in [-0.15, -0.1) is 11.6 Å². The Hall–Kier alpha value is 0.419. The zero-order valence-electron chi connectivity index (χ0n) is 4.59. The molecule has 0 unspecified atom stereocenters. The molecule has 0 spiro atoms. The third-order valence-electron chi connectivity index (χ3n) is 0. The zero-order chi connectivity index (χ0) is 2.00.